The summed E-state index contributed by atoms with van der Waals surface area (Å²) in [5.74, 6) is 0. The van der Waals surface area contributed by atoms with Crippen LogP contribution in [-0.4, -0.2) is 30.5 Å². The van der Waals surface area contributed by atoms with Gasteiger partial charge in [-0.15, -0.1) is 0 Å². The minimum absolute atomic E-state index is 0.0161. The van der Waals surface area contributed by atoms with Crippen LogP contribution in [0.4, 0.5) is 0 Å². The third kappa shape index (κ3) is 4.72. The quantitative estimate of drug-likeness (QED) is 0.838. The molecule has 0 spiro atoms. The molecule has 0 unspecified atom stereocenters. The van der Waals surface area contributed by atoms with Crippen molar-refractivity contribution in [3.63, 3.8) is 0 Å². The summed E-state index contributed by atoms with van der Waals surface area (Å²) in [6.07, 6.45) is 5.88. The summed E-state index contributed by atoms with van der Waals surface area (Å²) in [6.45, 7) is 3.70. The van der Waals surface area contributed by atoms with E-state index >= 15 is 0 Å². The lowest BCUT2D eigenvalue weighted by Crippen LogP contribution is -2.40. The molecule has 1 heterocycles. The Balaban J connectivity index is 1.58. The zero-order chi connectivity index (χ0) is 18.7. The molecular formula is C18H22ClN3O3S. The predicted octanol–water partition coefficient (Wildman–Crippen LogP) is 3.42. The molecule has 3 rings (SSSR count). The maximum atomic E-state index is 12.7. The zero-order valence-corrected chi connectivity index (χ0v) is 16.3. The molecule has 1 N–H and O–H groups in total. The molecule has 1 aliphatic carbocycles. The molecule has 1 aromatic heterocycles. The summed E-state index contributed by atoms with van der Waals surface area (Å²) in [5, 5.41) is 0.460. The molecule has 1 aliphatic rings. The van der Waals surface area contributed by atoms with Gasteiger partial charge in [-0.2, -0.15) is 0 Å². The first-order chi connectivity index (χ1) is 12.3. The number of rotatable bonds is 5. The number of hydrogen-bond acceptors (Lipinski definition) is 5. The van der Waals surface area contributed by atoms with Gasteiger partial charge in [-0.05, 0) is 56.7 Å². The van der Waals surface area contributed by atoms with Gasteiger partial charge in [0.1, 0.15) is 6.10 Å². The summed E-state index contributed by atoms with van der Waals surface area (Å²) in [6, 6.07) is 5.67. The molecule has 0 aliphatic heterocycles. The molecule has 1 aromatic carbocycles. The molecule has 1 saturated carbocycles. The molecule has 0 amide bonds. The number of ether oxygens (including phenoxy) is 1. The number of benzene rings is 1. The Morgan fingerprint density at radius 3 is 2.42 bits per heavy atom. The van der Waals surface area contributed by atoms with Crippen LogP contribution in [0.2, 0.25) is 5.02 Å². The third-order valence-corrected chi connectivity index (χ3v) is 6.36. The van der Waals surface area contributed by atoms with Crippen LogP contribution in [0.1, 0.15) is 36.8 Å². The van der Waals surface area contributed by atoms with Crippen LogP contribution in [0.15, 0.2) is 35.5 Å². The topological polar surface area (TPSA) is 81.2 Å². The number of aryl methyl sites for hydroxylation is 2. The van der Waals surface area contributed by atoms with Gasteiger partial charge in [-0.25, -0.2) is 23.1 Å². The summed E-state index contributed by atoms with van der Waals surface area (Å²) < 4.78 is 34.0. The van der Waals surface area contributed by atoms with Crippen molar-refractivity contribution >= 4 is 21.6 Å². The molecule has 140 valence electrons. The fourth-order valence-electron chi connectivity index (χ4n) is 3.09. The lowest BCUT2D eigenvalue weighted by atomic mass is 9.94. The molecule has 0 saturated heterocycles. The van der Waals surface area contributed by atoms with E-state index in [-0.39, 0.29) is 12.1 Å². The van der Waals surface area contributed by atoms with Gasteiger partial charge in [0.05, 0.1) is 22.3 Å². The van der Waals surface area contributed by atoms with Crippen molar-refractivity contribution in [1.29, 1.82) is 0 Å². The first-order valence-corrected chi connectivity index (χ1v) is 10.4. The number of halogens is 1. The fraction of sp³-hybridized carbons (Fsp3) is 0.444. The minimum atomic E-state index is -3.52. The maximum absolute atomic E-state index is 12.7. The Morgan fingerprint density at radius 1 is 1.12 bits per heavy atom. The average molecular weight is 396 g/mol. The molecular weight excluding hydrogens is 374 g/mol. The number of hydrogen-bond donors (Lipinski definition) is 1. The van der Waals surface area contributed by atoms with Crippen molar-refractivity contribution in [3.05, 3.63) is 46.7 Å². The Kier molecular flexibility index (Phi) is 5.79. The SMILES string of the molecule is Cc1ccc(C)c(S(=O)(=O)NC2CCC(Oc3ncc(Cl)cn3)CC2)c1. The van der Waals surface area contributed by atoms with Gasteiger partial charge in [0.15, 0.2) is 0 Å². The standard InChI is InChI=1S/C18H22ClN3O3S/c1-12-3-4-13(2)17(9-12)26(23,24)22-15-5-7-16(8-6-15)25-18-20-10-14(19)11-21-18/h3-4,9-11,15-16,22H,5-8H2,1-2H3. The van der Waals surface area contributed by atoms with E-state index in [4.69, 9.17) is 16.3 Å². The predicted molar refractivity (Wildman–Crippen MR) is 100.0 cm³/mol. The zero-order valence-electron chi connectivity index (χ0n) is 14.8. The van der Waals surface area contributed by atoms with Crippen LogP contribution >= 0.6 is 11.6 Å². The first kappa shape index (κ1) is 19.1. The normalized spacial score (nSPS) is 20.7. The van der Waals surface area contributed by atoms with Crippen LogP contribution in [0.5, 0.6) is 6.01 Å². The molecule has 6 nitrogen and oxygen atoms in total. The van der Waals surface area contributed by atoms with E-state index in [1.807, 2.05) is 26.0 Å². The van der Waals surface area contributed by atoms with Crippen LogP contribution < -0.4 is 9.46 Å². The summed E-state index contributed by atoms with van der Waals surface area (Å²) >= 11 is 5.76. The monoisotopic (exact) mass is 395 g/mol. The van der Waals surface area contributed by atoms with E-state index in [1.54, 1.807) is 6.07 Å². The second-order valence-corrected chi connectivity index (χ2v) is 8.78. The molecule has 2 aromatic rings. The van der Waals surface area contributed by atoms with Gasteiger partial charge < -0.3 is 4.74 Å². The van der Waals surface area contributed by atoms with E-state index in [2.05, 4.69) is 14.7 Å². The van der Waals surface area contributed by atoms with E-state index in [0.717, 1.165) is 24.0 Å². The van der Waals surface area contributed by atoms with E-state index in [9.17, 15) is 8.42 Å². The van der Waals surface area contributed by atoms with Gasteiger partial charge >= 0.3 is 6.01 Å². The van der Waals surface area contributed by atoms with Crippen molar-refractivity contribution in [2.75, 3.05) is 0 Å². The van der Waals surface area contributed by atoms with Crippen LogP contribution in [0.25, 0.3) is 0 Å². The van der Waals surface area contributed by atoms with E-state index in [1.165, 1.54) is 12.4 Å². The molecule has 0 bridgehead atoms. The Labute approximate surface area is 159 Å². The van der Waals surface area contributed by atoms with Crippen molar-refractivity contribution < 1.29 is 13.2 Å². The van der Waals surface area contributed by atoms with Crippen molar-refractivity contribution in [3.8, 4) is 6.01 Å². The van der Waals surface area contributed by atoms with Crippen LogP contribution in [0, 0.1) is 13.8 Å². The molecule has 26 heavy (non-hydrogen) atoms. The van der Waals surface area contributed by atoms with Gasteiger partial charge in [0.2, 0.25) is 10.0 Å². The highest BCUT2D eigenvalue weighted by Crippen LogP contribution is 2.25. The Morgan fingerprint density at radius 2 is 1.77 bits per heavy atom. The van der Waals surface area contributed by atoms with Crippen molar-refractivity contribution in [2.24, 2.45) is 0 Å². The minimum Gasteiger partial charge on any atom is -0.460 e. The average Bonchev–Trinajstić information content (AvgIpc) is 2.60. The highest BCUT2D eigenvalue weighted by Gasteiger charge is 2.27. The first-order valence-electron chi connectivity index (χ1n) is 8.57. The van der Waals surface area contributed by atoms with Gasteiger partial charge in [0.25, 0.3) is 0 Å². The van der Waals surface area contributed by atoms with E-state index in [0.29, 0.717) is 28.8 Å². The van der Waals surface area contributed by atoms with Gasteiger partial charge in [-0.3, -0.25) is 0 Å². The highest BCUT2D eigenvalue weighted by molar-refractivity contribution is 7.89. The Bertz CT molecular complexity index is 864. The number of nitrogens with zero attached hydrogens (tertiary/aromatic N) is 2. The summed E-state index contributed by atoms with van der Waals surface area (Å²) in [4.78, 5) is 8.42. The lowest BCUT2D eigenvalue weighted by Gasteiger charge is -2.28. The third-order valence-electron chi connectivity index (χ3n) is 4.50. The second-order valence-electron chi connectivity index (χ2n) is 6.67. The van der Waals surface area contributed by atoms with Crippen molar-refractivity contribution in [1.82, 2.24) is 14.7 Å². The summed E-state index contributed by atoms with van der Waals surface area (Å²) in [7, 11) is -3.52. The summed E-state index contributed by atoms with van der Waals surface area (Å²) in [5.41, 5.74) is 1.68. The number of nitrogens with one attached hydrogen (secondary N) is 1. The molecule has 0 atom stereocenters. The van der Waals surface area contributed by atoms with Crippen LogP contribution in [-0.2, 0) is 10.0 Å². The van der Waals surface area contributed by atoms with E-state index < -0.39 is 10.0 Å². The van der Waals surface area contributed by atoms with Gasteiger partial charge in [0, 0.05) is 6.04 Å². The van der Waals surface area contributed by atoms with Crippen LogP contribution in [0.3, 0.4) is 0 Å². The molecule has 0 radical (unpaired) electrons. The molecule has 8 heteroatoms. The smallest absolute Gasteiger partial charge is 0.316 e. The number of sulfonamides is 1. The lowest BCUT2D eigenvalue weighted by molar-refractivity contribution is 0.132. The van der Waals surface area contributed by atoms with Crippen molar-refractivity contribution in [2.45, 2.75) is 56.6 Å². The second kappa shape index (κ2) is 7.90. The highest BCUT2D eigenvalue weighted by atomic mass is 35.5. The maximum Gasteiger partial charge on any atom is 0.316 e. The largest absolute Gasteiger partial charge is 0.460 e. The molecule has 1 fully saturated rings. The fourth-order valence-corrected chi connectivity index (χ4v) is 4.82. The number of aromatic nitrogens is 2. The Hall–Kier alpha value is -1.70. The van der Waals surface area contributed by atoms with Gasteiger partial charge in [-0.1, -0.05) is 23.7 Å².